The predicted octanol–water partition coefficient (Wildman–Crippen LogP) is -1.33. The Kier molecular flexibility index (Phi) is 2.79. The van der Waals surface area contributed by atoms with E-state index in [1.165, 1.54) is 14.0 Å². The van der Waals surface area contributed by atoms with Crippen LogP contribution >= 0.6 is 0 Å². The van der Waals surface area contributed by atoms with Crippen molar-refractivity contribution in [3.63, 3.8) is 0 Å². The smallest absolute Gasteiger partial charge is 0.192 e. The number of carbonyl (C=O) groups excluding carboxylic acids is 1. The standard InChI is InChI=1S/C7H12O5/c1-3-4(8)5(9)6(10)7(11-2)12-3/h3,5-7,9-10H,1-2H3/t3?,5-,6?,7-/m1/s1. The Balaban J connectivity index is 2.70. The van der Waals surface area contributed by atoms with Crippen molar-refractivity contribution >= 4 is 5.78 Å². The van der Waals surface area contributed by atoms with Gasteiger partial charge in [-0.2, -0.15) is 0 Å². The first kappa shape index (κ1) is 9.60. The summed E-state index contributed by atoms with van der Waals surface area (Å²) in [4.78, 5) is 11.0. The zero-order valence-electron chi connectivity index (χ0n) is 6.93. The van der Waals surface area contributed by atoms with Gasteiger partial charge in [0.25, 0.3) is 0 Å². The lowest BCUT2D eigenvalue weighted by Gasteiger charge is -2.33. The highest BCUT2D eigenvalue weighted by atomic mass is 16.7. The summed E-state index contributed by atoms with van der Waals surface area (Å²) in [5.41, 5.74) is 0. The number of ketones is 1. The van der Waals surface area contributed by atoms with Crippen LogP contribution in [0.5, 0.6) is 0 Å². The van der Waals surface area contributed by atoms with Gasteiger partial charge in [-0.1, -0.05) is 0 Å². The second kappa shape index (κ2) is 3.49. The average Bonchev–Trinajstić information content (AvgIpc) is 2.08. The second-order valence-corrected chi connectivity index (χ2v) is 2.72. The van der Waals surface area contributed by atoms with E-state index in [0.717, 1.165) is 0 Å². The molecule has 1 saturated heterocycles. The molecule has 0 bridgehead atoms. The molecule has 0 amide bonds. The van der Waals surface area contributed by atoms with Crippen LogP contribution < -0.4 is 0 Å². The van der Waals surface area contributed by atoms with E-state index in [4.69, 9.17) is 14.6 Å². The maximum Gasteiger partial charge on any atom is 0.192 e. The normalized spacial score (nSPS) is 43.2. The highest BCUT2D eigenvalue weighted by Crippen LogP contribution is 2.17. The van der Waals surface area contributed by atoms with E-state index in [1.807, 2.05) is 0 Å². The van der Waals surface area contributed by atoms with Crippen LogP contribution in [0.3, 0.4) is 0 Å². The molecule has 0 aliphatic carbocycles. The van der Waals surface area contributed by atoms with Crippen molar-refractivity contribution in [2.45, 2.75) is 31.5 Å². The van der Waals surface area contributed by atoms with Gasteiger partial charge in [0.15, 0.2) is 12.1 Å². The van der Waals surface area contributed by atoms with E-state index >= 15 is 0 Å². The molecule has 5 heteroatoms. The number of hydrogen-bond donors (Lipinski definition) is 2. The molecule has 1 aliphatic rings. The van der Waals surface area contributed by atoms with E-state index in [0.29, 0.717) is 0 Å². The molecule has 0 aromatic heterocycles. The number of Topliss-reactive ketones (excluding diaryl/α,β-unsaturated/α-hetero) is 1. The van der Waals surface area contributed by atoms with Gasteiger partial charge < -0.3 is 19.7 Å². The molecule has 0 radical (unpaired) electrons. The Morgan fingerprint density at radius 1 is 1.50 bits per heavy atom. The Bertz CT molecular complexity index is 181. The Morgan fingerprint density at radius 2 is 2.08 bits per heavy atom. The fourth-order valence-electron chi connectivity index (χ4n) is 1.10. The molecule has 1 heterocycles. The van der Waals surface area contributed by atoms with E-state index in [2.05, 4.69) is 0 Å². The summed E-state index contributed by atoms with van der Waals surface area (Å²) >= 11 is 0. The molecule has 5 nitrogen and oxygen atoms in total. The molecule has 0 aromatic rings. The summed E-state index contributed by atoms with van der Waals surface area (Å²) in [6.07, 6.45) is -4.35. The van der Waals surface area contributed by atoms with Crippen molar-refractivity contribution in [2.24, 2.45) is 0 Å². The molecular weight excluding hydrogens is 164 g/mol. The molecule has 0 aromatic carbocycles. The number of aliphatic hydroxyl groups excluding tert-OH is 2. The summed E-state index contributed by atoms with van der Waals surface area (Å²) < 4.78 is 9.66. The van der Waals surface area contributed by atoms with Gasteiger partial charge in [0, 0.05) is 7.11 Å². The Hall–Kier alpha value is -0.490. The molecule has 70 valence electrons. The second-order valence-electron chi connectivity index (χ2n) is 2.72. The van der Waals surface area contributed by atoms with Crippen LogP contribution in [0.15, 0.2) is 0 Å². The Morgan fingerprint density at radius 3 is 2.58 bits per heavy atom. The average molecular weight is 176 g/mol. The predicted molar refractivity (Wildman–Crippen MR) is 38.4 cm³/mol. The van der Waals surface area contributed by atoms with Crippen molar-refractivity contribution in [2.75, 3.05) is 7.11 Å². The number of hydrogen-bond acceptors (Lipinski definition) is 5. The molecular formula is C7H12O5. The van der Waals surface area contributed by atoms with E-state index in [-0.39, 0.29) is 0 Å². The summed E-state index contributed by atoms with van der Waals surface area (Å²) in [6.45, 7) is 1.50. The van der Waals surface area contributed by atoms with Crippen molar-refractivity contribution < 1.29 is 24.5 Å². The summed E-state index contributed by atoms with van der Waals surface area (Å²) in [6, 6.07) is 0. The van der Waals surface area contributed by atoms with Gasteiger partial charge in [-0.15, -0.1) is 0 Å². The van der Waals surface area contributed by atoms with Crippen LogP contribution in [0.25, 0.3) is 0 Å². The molecule has 1 fully saturated rings. The fourth-order valence-corrected chi connectivity index (χ4v) is 1.10. The molecule has 12 heavy (non-hydrogen) atoms. The van der Waals surface area contributed by atoms with Gasteiger partial charge in [0.05, 0.1) is 0 Å². The van der Waals surface area contributed by atoms with Gasteiger partial charge in [-0.3, -0.25) is 4.79 Å². The largest absolute Gasteiger partial charge is 0.385 e. The zero-order chi connectivity index (χ0) is 9.30. The topological polar surface area (TPSA) is 76.0 Å². The first-order valence-corrected chi connectivity index (χ1v) is 3.66. The zero-order valence-corrected chi connectivity index (χ0v) is 6.93. The van der Waals surface area contributed by atoms with Crippen LogP contribution in [-0.2, 0) is 14.3 Å². The van der Waals surface area contributed by atoms with E-state index < -0.39 is 30.4 Å². The molecule has 0 spiro atoms. The van der Waals surface area contributed by atoms with Crippen LogP contribution in [0.2, 0.25) is 0 Å². The van der Waals surface area contributed by atoms with Gasteiger partial charge in [0.1, 0.15) is 18.3 Å². The highest BCUT2D eigenvalue weighted by Gasteiger charge is 2.41. The van der Waals surface area contributed by atoms with Crippen LogP contribution in [-0.4, -0.2) is 47.7 Å². The van der Waals surface area contributed by atoms with Gasteiger partial charge in [0.2, 0.25) is 0 Å². The van der Waals surface area contributed by atoms with Crippen molar-refractivity contribution in [1.82, 2.24) is 0 Å². The van der Waals surface area contributed by atoms with E-state index in [1.54, 1.807) is 0 Å². The van der Waals surface area contributed by atoms with E-state index in [9.17, 15) is 9.90 Å². The minimum absolute atomic E-state index is 0.518. The first-order valence-electron chi connectivity index (χ1n) is 3.66. The number of aliphatic hydroxyl groups is 2. The molecule has 0 saturated carbocycles. The number of ether oxygens (including phenoxy) is 2. The Labute approximate surface area is 69.9 Å². The maximum absolute atomic E-state index is 11.0. The lowest BCUT2D eigenvalue weighted by molar-refractivity contribution is -0.242. The van der Waals surface area contributed by atoms with Gasteiger partial charge in [-0.05, 0) is 6.92 Å². The van der Waals surface area contributed by atoms with Gasteiger partial charge >= 0.3 is 0 Å². The first-order chi connectivity index (χ1) is 5.57. The molecule has 2 N–H and O–H groups in total. The summed E-state index contributed by atoms with van der Waals surface area (Å²) in [7, 11) is 1.34. The molecule has 4 atom stereocenters. The van der Waals surface area contributed by atoms with Crippen LogP contribution in [0.4, 0.5) is 0 Å². The minimum atomic E-state index is -1.40. The maximum atomic E-state index is 11.0. The SMILES string of the molecule is CO[C@@H]1OC(C)C(=O)[C@@H](O)C1O. The lowest BCUT2D eigenvalue weighted by Crippen LogP contribution is -2.54. The molecule has 1 rings (SSSR count). The van der Waals surface area contributed by atoms with Crippen molar-refractivity contribution in [3.8, 4) is 0 Å². The summed E-state index contributed by atoms with van der Waals surface area (Å²) in [5, 5.41) is 18.4. The van der Waals surface area contributed by atoms with Crippen LogP contribution in [0, 0.1) is 0 Å². The van der Waals surface area contributed by atoms with Crippen LogP contribution in [0.1, 0.15) is 6.92 Å². The number of rotatable bonds is 1. The third kappa shape index (κ3) is 1.49. The number of carbonyl (C=O) groups is 1. The molecule has 1 aliphatic heterocycles. The third-order valence-electron chi connectivity index (χ3n) is 1.87. The third-order valence-corrected chi connectivity index (χ3v) is 1.87. The highest BCUT2D eigenvalue weighted by molar-refractivity contribution is 5.88. The monoisotopic (exact) mass is 176 g/mol. The minimum Gasteiger partial charge on any atom is -0.385 e. The van der Waals surface area contributed by atoms with Crippen molar-refractivity contribution in [1.29, 1.82) is 0 Å². The quantitative estimate of drug-likeness (QED) is 0.517. The van der Waals surface area contributed by atoms with Crippen molar-refractivity contribution in [3.05, 3.63) is 0 Å². The summed E-state index contributed by atoms with van der Waals surface area (Å²) in [5.74, 6) is -0.518. The fraction of sp³-hybridized carbons (Fsp3) is 0.857. The number of methoxy groups -OCH3 is 1. The van der Waals surface area contributed by atoms with Gasteiger partial charge in [-0.25, -0.2) is 0 Å². The molecule has 2 unspecified atom stereocenters. The lowest BCUT2D eigenvalue weighted by atomic mass is 10.0.